The van der Waals surface area contributed by atoms with E-state index in [0.29, 0.717) is 54.7 Å². The van der Waals surface area contributed by atoms with Crippen LogP contribution in [0.5, 0.6) is 0 Å². The van der Waals surface area contributed by atoms with Crippen LogP contribution < -0.4 is 5.56 Å². The van der Waals surface area contributed by atoms with E-state index in [-0.39, 0.29) is 18.0 Å². The van der Waals surface area contributed by atoms with E-state index in [2.05, 4.69) is 9.97 Å². The summed E-state index contributed by atoms with van der Waals surface area (Å²) in [4.78, 5) is 35.3. The number of pyridine rings is 1. The molecule has 1 amide bonds. The van der Waals surface area contributed by atoms with Crippen molar-refractivity contribution in [2.45, 2.75) is 37.8 Å². The zero-order chi connectivity index (χ0) is 21.1. The summed E-state index contributed by atoms with van der Waals surface area (Å²) in [5.74, 6) is 0.0790. The van der Waals surface area contributed by atoms with Gasteiger partial charge in [-0.3, -0.25) is 19.1 Å². The van der Waals surface area contributed by atoms with Crippen molar-refractivity contribution in [2.24, 2.45) is 0 Å². The minimum Gasteiger partial charge on any atom is -0.388 e. The molecule has 1 fully saturated rings. The number of aliphatic hydroxyl groups is 1. The summed E-state index contributed by atoms with van der Waals surface area (Å²) in [6.07, 6.45) is 6.82. The van der Waals surface area contributed by atoms with Gasteiger partial charge >= 0.3 is 0 Å². The van der Waals surface area contributed by atoms with Gasteiger partial charge in [0.2, 0.25) is 5.91 Å². The average molecular weight is 427 g/mol. The van der Waals surface area contributed by atoms with Crippen LogP contribution in [-0.4, -0.2) is 49.1 Å². The summed E-state index contributed by atoms with van der Waals surface area (Å²) in [5.41, 5.74) is 0.357. The Bertz CT molecular complexity index is 1110. The molecule has 0 bridgehead atoms. The van der Waals surface area contributed by atoms with Crippen molar-refractivity contribution in [3.05, 3.63) is 70.0 Å². The minimum absolute atomic E-state index is 0.0790. The van der Waals surface area contributed by atoms with Gasteiger partial charge in [-0.15, -0.1) is 0 Å². The monoisotopic (exact) mass is 426 g/mol. The summed E-state index contributed by atoms with van der Waals surface area (Å²) < 4.78 is 1.44. The molecular formula is C22H23ClN4O3. The fourth-order valence-corrected chi connectivity index (χ4v) is 4.02. The zero-order valence-corrected chi connectivity index (χ0v) is 17.3. The van der Waals surface area contributed by atoms with Crippen LogP contribution in [0.25, 0.3) is 10.9 Å². The van der Waals surface area contributed by atoms with Gasteiger partial charge in [0, 0.05) is 36.9 Å². The number of amides is 1. The van der Waals surface area contributed by atoms with Crippen LogP contribution in [0.4, 0.5) is 0 Å². The smallest absolute Gasteiger partial charge is 0.261 e. The molecule has 3 heterocycles. The predicted octanol–water partition coefficient (Wildman–Crippen LogP) is 2.43. The van der Waals surface area contributed by atoms with Crippen molar-refractivity contribution in [3.63, 3.8) is 0 Å². The van der Waals surface area contributed by atoms with E-state index in [9.17, 15) is 14.7 Å². The van der Waals surface area contributed by atoms with E-state index >= 15 is 0 Å². The van der Waals surface area contributed by atoms with E-state index in [1.807, 2.05) is 12.1 Å². The number of benzene rings is 1. The third-order valence-corrected chi connectivity index (χ3v) is 5.91. The van der Waals surface area contributed by atoms with Crippen LogP contribution in [-0.2, 0) is 17.8 Å². The second-order valence-corrected chi connectivity index (χ2v) is 8.24. The van der Waals surface area contributed by atoms with Gasteiger partial charge in [0.1, 0.15) is 0 Å². The van der Waals surface area contributed by atoms with Crippen LogP contribution in [0, 0.1) is 0 Å². The Morgan fingerprint density at radius 3 is 2.63 bits per heavy atom. The molecule has 7 nitrogen and oxygen atoms in total. The normalized spacial score (nSPS) is 16.0. The van der Waals surface area contributed by atoms with Gasteiger partial charge in [-0.05, 0) is 55.2 Å². The van der Waals surface area contributed by atoms with E-state index in [4.69, 9.17) is 11.6 Å². The molecule has 1 aromatic carbocycles. The van der Waals surface area contributed by atoms with Crippen LogP contribution in [0.15, 0.2) is 53.8 Å². The van der Waals surface area contributed by atoms with Gasteiger partial charge in [-0.2, -0.15) is 0 Å². The highest BCUT2D eigenvalue weighted by Gasteiger charge is 2.34. The molecule has 8 heteroatoms. The number of likely N-dealkylation sites (tertiary alicyclic amines) is 1. The van der Waals surface area contributed by atoms with Crippen LogP contribution in [0.3, 0.4) is 0 Å². The molecule has 1 aliphatic heterocycles. The maximum Gasteiger partial charge on any atom is 0.261 e. The fourth-order valence-electron chi connectivity index (χ4n) is 3.85. The summed E-state index contributed by atoms with van der Waals surface area (Å²) in [5, 5.41) is 12.0. The molecule has 0 aliphatic carbocycles. The maximum absolute atomic E-state index is 12.7. The lowest BCUT2D eigenvalue weighted by molar-refractivity contribution is -0.135. The first-order valence-electron chi connectivity index (χ1n) is 9.97. The molecule has 1 saturated heterocycles. The average Bonchev–Trinajstić information content (AvgIpc) is 2.75. The fraction of sp³-hybridized carbons (Fsp3) is 0.364. The lowest BCUT2D eigenvalue weighted by Crippen LogP contribution is -2.49. The van der Waals surface area contributed by atoms with E-state index < -0.39 is 5.60 Å². The Kier molecular flexibility index (Phi) is 5.83. The van der Waals surface area contributed by atoms with Crippen LogP contribution in [0.2, 0.25) is 5.02 Å². The Hall–Kier alpha value is -2.77. The molecule has 1 aliphatic rings. The second kappa shape index (κ2) is 8.53. The quantitative estimate of drug-likeness (QED) is 0.677. The van der Waals surface area contributed by atoms with E-state index in [1.54, 1.807) is 35.5 Å². The van der Waals surface area contributed by atoms with Gasteiger partial charge in [-0.25, -0.2) is 4.98 Å². The number of hydrogen-bond acceptors (Lipinski definition) is 5. The van der Waals surface area contributed by atoms with Crippen molar-refractivity contribution in [1.29, 1.82) is 0 Å². The number of rotatable bonds is 5. The predicted molar refractivity (Wildman–Crippen MR) is 114 cm³/mol. The number of fused-ring (bicyclic) bond motifs is 1. The lowest BCUT2D eigenvalue weighted by Gasteiger charge is -2.38. The molecule has 30 heavy (non-hydrogen) atoms. The molecule has 0 saturated carbocycles. The first-order valence-corrected chi connectivity index (χ1v) is 10.4. The highest BCUT2D eigenvalue weighted by atomic mass is 35.5. The minimum atomic E-state index is -1.05. The first kappa shape index (κ1) is 20.5. The number of nitrogens with zero attached hydrogens (tertiary/aromatic N) is 4. The Labute approximate surface area is 178 Å². The number of carbonyl (C=O) groups is 1. The molecule has 4 rings (SSSR count). The molecule has 0 spiro atoms. The number of hydrogen-bond donors (Lipinski definition) is 1. The topological polar surface area (TPSA) is 88.3 Å². The number of halogens is 1. The van der Waals surface area contributed by atoms with E-state index in [0.717, 1.165) is 5.56 Å². The number of carbonyl (C=O) groups excluding carboxylic acids is 1. The standard InChI is InChI=1S/C22H23ClN4O3/c23-17-2-3-18-19(13-17)25-15-27(21(18)29)14-22(30)7-11-26(12-8-22)20(28)4-1-16-5-9-24-10-6-16/h2-3,5-6,9-10,13,15,30H,1,4,7-8,11-12,14H2. The molecule has 2 aromatic heterocycles. The Morgan fingerprint density at radius 2 is 1.90 bits per heavy atom. The summed E-state index contributed by atoms with van der Waals surface area (Å²) in [6.45, 7) is 1.09. The van der Waals surface area contributed by atoms with Crippen LogP contribution in [0.1, 0.15) is 24.8 Å². The number of piperidine rings is 1. The molecule has 0 radical (unpaired) electrons. The van der Waals surface area contributed by atoms with Gasteiger partial charge in [0.15, 0.2) is 0 Å². The maximum atomic E-state index is 12.7. The third kappa shape index (κ3) is 4.52. The number of aromatic nitrogens is 3. The third-order valence-electron chi connectivity index (χ3n) is 5.68. The van der Waals surface area contributed by atoms with Gasteiger partial charge in [0.05, 0.1) is 29.4 Å². The van der Waals surface area contributed by atoms with E-state index in [1.165, 1.54) is 10.9 Å². The van der Waals surface area contributed by atoms with Crippen molar-refractivity contribution < 1.29 is 9.90 Å². The molecular weight excluding hydrogens is 404 g/mol. The summed E-state index contributed by atoms with van der Waals surface area (Å²) in [6, 6.07) is 8.77. The van der Waals surface area contributed by atoms with Gasteiger partial charge in [-0.1, -0.05) is 11.6 Å². The molecule has 3 aromatic rings. The van der Waals surface area contributed by atoms with Crippen molar-refractivity contribution in [3.8, 4) is 0 Å². The van der Waals surface area contributed by atoms with Crippen molar-refractivity contribution in [1.82, 2.24) is 19.4 Å². The lowest BCUT2D eigenvalue weighted by atomic mass is 9.91. The SMILES string of the molecule is O=C(CCc1ccncc1)N1CCC(O)(Cn2cnc3cc(Cl)ccc3c2=O)CC1. The first-order chi connectivity index (χ1) is 14.4. The second-order valence-electron chi connectivity index (χ2n) is 7.80. The van der Waals surface area contributed by atoms with Gasteiger partial charge in [0.25, 0.3) is 5.56 Å². The van der Waals surface area contributed by atoms with Crippen molar-refractivity contribution >= 4 is 28.4 Å². The van der Waals surface area contributed by atoms with Crippen molar-refractivity contribution in [2.75, 3.05) is 13.1 Å². The molecule has 0 atom stereocenters. The molecule has 1 N–H and O–H groups in total. The van der Waals surface area contributed by atoms with Crippen LogP contribution >= 0.6 is 11.6 Å². The Balaban J connectivity index is 1.37. The van der Waals surface area contributed by atoms with Gasteiger partial charge < -0.3 is 10.0 Å². The largest absolute Gasteiger partial charge is 0.388 e. The Morgan fingerprint density at radius 1 is 1.17 bits per heavy atom. The molecule has 156 valence electrons. The number of aryl methyl sites for hydroxylation is 1. The molecule has 0 unspecified atom stereocenters. The highest BCUT2D eigenvalue weighted by molar-refractivity contribution is 6.31. The zero-order valence-electron chi connectivity index (χ0n) is 16.5. The highest BCUT2D eigenvalue weighted by Crippen LogP contribution is 2.25. The summed E-state index contributed by atoms with van der Waals surface area (Å²) >= 11 is 5.96. The summed E-state index contributed by atoms with van der Waals surface area (Å²) in [7, 11) is 0.